The first-order chi connectivity index (χ1) is 12.5. The number of piperazine rings is 1. The van der Waals surface area contributed by atoms with E-state index in [0.717, 1.165) is 18.0 Å². The monoisotopic (exact) mass is 358 g/mol. The molecule has 2 aliphatic rings. The van der Waals surface area contributed by atoms with Gasteiger partial charge < -0.3 is 9.80 Å². The SMILES string of the molecule is CCN(CC)C(=O)CN1C(=O)C2CN(Cc3ccccc3)CCN2C1=O. The summed E-state index contributed by atoms with van der Waals surface area (Å²) in [6.07, 6.45) is 0. The van der Waals surface area contributed by atoms with Gasteiger partial charge in [0.2, 0.25) is 5.91 Å². The number of hydrogen-bond acceptors (Lipinski definition) is 4. The molecule has 0 radical (unpaired) electrons. The van der Waals surface area contributed by atoms with E-state index in [1.54, 1.807) is 9.80 Å². The van der Waals surface area contributed by atoms with Crippen LogP contribution >= 0.6 is 0 Å². The fraction of sp³-hybridized carbons (Fsp3) is 0.526. The Morgan fingerprint density at radius 3 is 2.46 bits per heavy atom. The van der Waals surface area contributed by atoms with Gasteiger partial charge in [-0.3, -0.25) is 19.4 Å². The molecular formula is C19H26N4O3. The van der Waals surface area contributed by atoms with E-state index in [9.17, 15) is 14.4 Å². The topological polar surface area (TPSA) is 64.2 Å². The first kappa shape index (κ1) is 18.4. The molecule has 0 spiro atoms. The molecule has 0 aromatic heterocycles. The molecule has 7 heteroatoms. The molecule has 0 N–H and O–H groups in total. The predicted molar refractivity (Wildman–Crippen MR) is 97.3 cm³/mol. The molecule has 26 heavy (non-hydrogen) atoms. The number of rotatable bonds is 6. The minimum atomic E-state index is -0.482. The molecule has 1 aromatic carbocycles. The molecule has 1 unspecified atom stereocenters. The van der Waals surface area contributed by atoms with Gasteiger partial charge in [-0.2, -0.15) is 0 Å². The van der Waals surface area contributed by atoms with Crippen LogP contribution in [0.1, 0.15) is 19.4 Å². The fourth-order valence-electron chi connectivity index (χ4n) is 3.65. The Hall–Kier alpha value is -2.41. The van der Waals surface area contributed by atoms with Crippen molar-refractivity contribution in [1.82, 2.24) is 19.6 Å². The maximum absolute atomic E-state index is 12.7. The summed E-state index contributed by atoms with van der Waals surface area (Å²) < 4.78 is 0. The third kappa shape index (κ3) is 3.58. The van der Waals surface area contributed by atoms with E-state index in [4.69, 9.17) is 0 Å². The lowest BCUT2D eigenvalue weighted by molar-refractivity contribution is -0.137. The van der Waals surface area contributed by atoms with Gasteiger partial charge >= 0.3 is 6.03 Å². The van der Waals surface area contributed by atoms with Gasteiger partial charge in [-0.15, -0.1) is 0 Å². The van der Waals surface area contributed by atoms with Crippen molar-refractivity contribution in [2.75, 3.05) is 39.3 Å². The van der Waals surface area contributed by atoms with E-state index in [0.29, 0.717) is 26.2 Å². The lowest BCUT2D eigenvalue weighted by Gasteiger charge is -2.35. The van der Waals surface area contributed by atoms with E-state index >= 15 is 0 Å². The van der Waals surface area contributed by atoms with Crippen molar-refractivity contribution >= 4 is 17.8 Å². The van der Waals surface area contributed by atoms with Crippen molar-refractivity contribution in [3.05, 3.63) is 35.9 Å². The Bertz CT molecular complexity index is 675. The zero-order valence-corrected chi connectivity index (χ0v) is 15.4. The lowest BCUT2D eigenvalue weighted by atomic mass is 10.1. The summed E-state index contributed by atoms with van der Waals surface area (Å²) in [6.45, 7) is 7.26. The van der Waals surface area contributed by atoms with Crippen LogP contribution in [0.2, 0.25) is 0 Å². The van der Waals surface area contributed by atoms with Crippen molar-refractivity contribution in [1.29, 1.82) is 0 Å². The highest BCUT2D eigenvalue weighted by molar-refractivity contribution is 6.06. The molecule has 4 amide bonds. The minimum absolute atomic E-state index is 0.162. The third-order valence-corrected chi connectivity index (χ3v) is 5.15. The second-order valence-electron chi connectivity index (χ2n) is 6.70. The maximum Gasteiger partial charge on any atom is 0.328 e. The van der Waals surface area contributed by atoms with Crippen LogP contribution in [-0.2, 0) is 16.1 Å². The molecule has 3 rings (SSSR count). The standard InChI is InChI=1S/C19H26N4O3/c1-3-21(4-2)17(24)14-23-18(25)16-13-20(10-11-22(16)19(23)26)12-15-8-6-5-7-9-15/h5-9,16H,3-4,10-14H2,1-2H3. The van der Waals surface area contributed by atoms with E-state index in [1.165, 1.54) is 5.56 Å². The van der Waals surface area contributed by atoms with Crippen LogP contribution in [0, 0.1) is 0 Å². The molecule has 2 aliphatic heterocycles. The zero-order valence-electron chi connectivity index (χ0n) is 15.4. The Kier molecular flexibility index (Phi) is 5.56. The normalized spacial score (nSPS) is 20.5. The number of carbonyl (C=O) groups excluding carboxylic acids is 3. The number of likely N-dealkylation sites (N-methyl/N-ethyl adjacent to an activating group) is 1. The summed E-state index contributed by atoms with van der Waals surface area (Å²) in [5, 5.41) is 0. The number of carbonyl (C=O) groups is 3. The van der Waals surface area contributed by atoms with Crippen LogP contribution in [-0.4, -0.2) is 82.8 Å². The Balaban J connectivity index is 1.65. The maximum atomic E-state index is 12.7. The van der Waals surface area contributed by atoms with Crippen LogP contribution < -0.4 is 0 Å². The summed E-state index contributed by atoms with van der Waals surface area (Å²) in [4.78, 5) is 44.2. The highest BCUT2D eigenvalue weighted by Gasteiger charge is 2.48. The molecule has 2 heterocycles. The Morgan fingerprint density at radius 2 is 1.81 bits per heavy atom. The number of hydrogen-bond donors (Lipinski definition) is 0. The summed E-state index contributed by atoms with van der Waals surface area (Å²) in [5.41, 5.74) is 1.19. The predicted octanol–water partition coefficient (Wildman–Crippen LogP) is 1.00. The fourth-order valence-corrected chi connectivity index (χ4v) is 3.65. The number of nitrogens with zero attached hydrogens (tertiary/aromatic N) is 4. The van der Waals surface area contributed by atoms with Gasteiger partial charge in [-0.25, -0.2) is 4.79 Å². The van der Waals surface area contributed by atoms with Crippen LogP contribution in [0.4, 0.5) is 4.79 Å². The molecule has 0 aliphatic carbocycles. The summed E-state index contributed by atoms with van der Waals surface area (Å²) >= 11 is 0. The number of amides is 4. The van der Waals surface area contributed by atoms with Crippen molar-refractivity contribution < 1.29 is 14.4 Å². The average molecular weight is 358 g/mol. The third-order valence-electron chi connectivity index (χ3n) is 5.15. The molecule has 2 fully saturated rings. The molecule has 0 saturated carbocycles. The number of benzene rings is 1. The van der Waals surface area contributed by atoms with Crippen molar-refractivity contribution in [3.8, 4) is 0 Å². The first-order valence-corrected chi connectivity index (χ1v) is 9.21. The molecule has 1 atom stereocenters. The van der Waals surface area contributed by atoms with Gasteiger partial charge in [0.25, 0.3) is 5.91 Å². The van der Waals surface area contributed by atoms with Gasteiger partial charge in [0.15, 0.2) is 0 Å². The lowest BCUT2D eigenvalue weighted by Crippen LogP contribution is -2.52. The number of imide groups is 1. The van der Waals surface area contributed by atoms with Crippen LogP contribution in [0.25, 0.3) is 0 Å². The van der Waals surface area contributed by atoms with Crippen molar-refractivity contribution in [2.24, 2.45) is 0 Å². The van der Waals surface area contributed by atoms with Gasteiger partial charge in [-0.05, 0) is 19.4 Å². The van der Waals surface area contributed by atoms with Crippen LogP contribution in [0.3, 0.4) is 0 Å². The van der Waals surface area contributed by atoms with Gasteiger partial charge in [-0.1, -0.05) is 30.3 Å². The first-order valence-electron chi connectivity index (χ1n) is 9.21. The second-order valence-corrected chi connectivity index (χ2v) is 6.70. The molecular weight excluding hydrogens is 332 g/mol. The number of fused-ring (bicyclic) bond motifs is 1. The second kappa shape index (κ2) is 7.86. The summed E-state index contributed by atoms with van der Waals surface area (Å²) in [6, 6.07) is 9.27. The van der Waals surface area contributed by atoms with Gasteiger partial charge in [0.1, 0.15) is 12.6 Å². The zero-order chi connectivity index (χ0) is 18.7. The quantitative estimate of drug-likeness (QED) is 0.712. The van der Waals surface area contributed by atoms with E-state index in [1.807, 2.05) is 32.0 Å². The smallest absolute Gasteiger partial charge is 0.328 e. The van der Waals surface area contributed by atoms with E-state index in [2.05, 4.69) is 17.0 Å². The van der Waals surface area contributed by atoms with Crippen LogP contribution in [0.5, 0.6) is 0 Å². The van der Waals surface area contributed by atoms with Crippen molar-refractivity contribution in [3.63, 3.8) is 0 Å². The average Bonchev–Trinajstić information content (AvgIpc) is 2.88. The Labute approximate surface area is 154 Å². The largest absolute Gasteiger partial charge is 0.342 e. The van der Waals surface area contributed by atoms with Crippen LogP contribution in [0.15, 0.2) is 30.3 Å². The summed E-state index contributed by atoms with van der Waals surface area (Å²) in [5.74, 6) is -0.439. The van der Waals surface area contributed by atoms with E-state index < -0.39 is 6.04 Å². The number of urea groups is 1. The molecule has 2 saturated heterocycles. The molecule has 0 bridgehead atoms. The molecule has 140 valence electrons. The molecule has 7 nitrogen and oxygen atoms in total. The summed E-state index contributed by atoms with van der Waals surface area (Å²) in [7, 11) is 0. The van der Waals surface area contributed by atoms with Gasteiger partial charge in [0, 0.05) is 39.3 Å². The highest BCUT2D eigenvalue weighted by Crippen LogP contribution is 2.23. The molecule has 1 aromatic rings. The highest BCUT2D eigenvalue weighted by atomic mass is 16.2. The van der Waals surface area contributed by atoms with Gasteiger partial charge in [0.05, 0.1) is 0 Å². The van der Waals surface area contributed by atoms with Crippen molar-refractivity contribution in [2.45, 2.75) is 26.4 Å². The minimum Gasteiger partial charge on any atom is -0.342 e. The Morgan fingerprint density at radius 1 is 1.12 bits per heavy atom. The van der Waals surface area contributed by atoms with E-state index in [-0.39, 0.29) is 24.4 Å².